The van der Waals surface area contributed by atoms with Gasteiger partial charge in [-0.1, -0.05) is 13.8 Å². The number of hydrogen-bond acceptors (Lipinski definition) is 6. The number of rotatable bonds is 3. The molecule has 7 rings (SSSR count). The number of carbonyl (C=O) groups excluding carboxylic acids is 2. The summed E-state index contributed by atoms with van der Waals surface area (Å²) in [6, 6.07) is 0.316. The lowest BCUT2D eigenvalue weighted by Gasteiger charge is -2.69. The molecule has 10 atom stereocenters. The third-order valence-electron chi connectivity index (χ3n) is 10.5. The monoisotopic (exact) mass is 417 g/mol. The van der Waals surface area contributed by atoms with Crippen LogP contribution < -0.4 is 0 Å². The van der Waals surface area contributed by atoms with Crippen LogP contribution in [0, 0.1) is 34.5 Å². The van der Waals surface area contributed by atoms with E-state index in [0.717, 1.165) is 45.2 Å². The molecule has 6 heteroatoms. The maximum Gasteiger partial charge on any atom is 0.313 e. The highest BCUT2D eigenvalue weighted by atomic mass is 16.6. The molecule has 3 saturated heterocycles. The Hall–Kier alpha value is -1.14. The standard InChI is InChI=1S/C24H35NO5/c1-5-25-12-22(3)8-7-18(28-4)24-15-10-14-6-9-23(30-13(2)26,19(15)21(27)29-14)16(20(24)25)11-17(22)24/h14-20H,5-12H2,1-4H3/t14-,15-,16-,17-,18+,19-,20?,22+,23+,24-/m1/s1. The molecule has 3 aliphatic heterocycles. The highest BCUT2D eigenvalue weighted by Gasteiger charge is 2.82. The first kappa shape index (κ1) is 19.5. The van der Waals surface area contributed by atoms with Gasteiger partial charge in [0.15, 0.2) is 0 Å². The zero-order chi connectivity index (χ0) is 21.1. The molecule has 4 saturated carbocycles. The molecule has 0 N–H and O–H groups in total. The molecule has 0 aromatic rings. The van der Waals surface area contributed by atoms with Crippen LogP contribution in [0.3, 0.4) is 0 Å². The molecule has 3 heterocycles. The SMILES string of the molecule is CCN1C[C@]2(C)CC[C@H](OC)[C@]34C1[C@@H](C[C@H]23)[C@@]1(OC(C)=O)CC[C@@H]2C[C@@H]4[C@@H]1C(=O)O2. The molecule has 0 aromatic carbocycles. The minimum Gasteiger partial charge on any atom is -0.462 e. The molecule has 7 aliphatic rings. The second-order valence-corrected chi connectivity index (χ2v) is 11.3. The van der Waals surface area contributed by atoms with Crippen LogP contribution in [0.4, 0.5) is 0 Å². The Morgan fingerprint density at radius 2 is 2.03 bits per heavy atom. The quantitative estimate of drug-likeness (QED) is 0.658. The Balaban J connectivity index is 1.63. The molecule has 4 aliphatic carbocycles. The molecular formula is C24H35NO5. The van der Waals surface area contributed by atoms with Gasteiger partial charge in [-0.2, -0.15) is 0 Å². The molecule has 0 radical (unpaired) electrons. The minimum absolute atomic E-state index is 0.0446. The number of ether oxygens (including phenoxy) is 3. The van der Waals surface area contributed by atoms with Crippen LogP contribution >= 0.6 is 0 Å². The van der Waals surface area contributed by atoms with E-state index in [2.05, 4.69) is 18.7 Å². The summed E-state index contributed by atoms with van der Waals surface area (Å²) in [5.41, 5.74) is -0.538. The first-order chi connectivity index (χ1) is 14.3. The average molecular weight is 418 g/mol. The van der Waals surface area contributed by atoms with E-state index in [1.54, 1.807) is 0 Å². The molecular weight excluding hydrogens is 382 g/mol. The summed E-state index contributed by atoms with van der Waals surface area (Å²) >= 11 is 0. The Morgan fingerprint density at radius 3 is 2.73 bits per heavy atom. The molecule has 7 fully saturated rings. The number of esters is 2. The molecule has 1 spiro atoms. The van der Waals surface area contributed by atoms with Crippen molar-refractivity contribution in [3.8, 4) is 0 Å². The third-order valence-corrected chi connectivity index (χ3v) is 10.5. The van der Waals surface area contributed by atoms with Gasteiger partial charge in [-0.15, -0.1) is 0 Å². The van der Waals surface area contributed by atoms with Crippen molar-refractivity contribution in [2.75, 3.05) is 20.2 Å². The predicted molar refractivity (Wildman–Crippen MR) is 108 cm³/mol. The lowest BCUT2D eigenvalue weighted by atomic mass is 9.42. The van der Waals surface area contributed by atoms with Crippen LogP contribution in [0.1, 0.15) is 59.3 Å². The topological polar surface area (TPSA) is 65.1 Å². The first-order valence-electron chi connectivity index (χ1n) is 12.0. The second kappa shape index (κ2) is 6.00. The van der Waals surface area contributed by atoms with Crippen LogP contribution in [0.2, 0.25) is 0 Å². The fraction of sp³-hybridized carbons (Fsp3) is 0.917. The minimum atomic E-state index is -0.719. The summed E-state index contributed by atoms with van der Waals surface area (Å²) in [5, 5.41) is 0. The van der Waals surface area contributed by atoms with Crippen LogP contribution in [-0.4, -0.2) is 60.9 Å². The van der Waals surface area contributed by atoms with Crippen LogP contribution in [0.5, 0.6) is 0 Å². The molecule has 6 nitrogen and oxygen atoms in total. The second-order valence-electron chi connectivity index (χ2n) is 11.3. The summed E-state index contributed by atoms with van der Waals surface area (Å²) in [7, 11) is 1.86. The molecule has 0 aromatic heterocycles. The molecule has 0 amide bonds. The van der Waals surface area contributed by atoms with Gasteiger partial charge in [-0.25, -0.2) is 0 Å². The van der Waals surface area contributed by atoms with E-state index in [4.69, 9.17) is 14.2 Å². The van der Waals surface area contributed by atoms with Gasteiger partial charge in [0.05, 0.1) is 6.10 Å². The number of carbonyl (C=O) groups is 2. The Kier molecular flexibility index (Phi) is 3.91. The zero-order valence-corrected chi connectivity index (χ0v) is 18.7. The van der Waals surface area contributed by atoms with Crippen molar-refractivity contribution in [2.45, 2.75) is 83.1 Å². The van der Waals surface area contributed by atoms with E-state index in [1.165, 1.54) is 13.3 Å². The summed E-state index contributed by atoms with van der Waals surface area (Å²) in [5.74, 6) is 0.126. The summed E-state index contributed by atoms with van der Waals surface area (Å²) in [6.45, 7) is 8.33. The van der Waals surface area contributed by atoms with Crippen LogP contribution in [0.25, 0.3) is 0 Å². The number of fused-ring (bicyclic) bond motifs is 2. The fourth-order valence-electron chi connectivity index (χ4n) is 9.96. The normalized spacial score (nSPS) is 55.7. The first-order valence-corrected chi connectivity index (χ1v) is 12.0. The van der Waals surface area contributed by atoms with Gasteiger partial charge in [-0.05, 0) is 62.3 Å². The van der Waals surface area contributed by atoms with E-state index >= 15 is 0 Å². The maximum absolute atomic E-state index is 13.4. The average Bonchev–Trinajstić information content (AvgIpc) is 2.75. The number of piperidine rings is 1. The predicted octanol–water partition coefficient (Wildman–Crippen LogP) is 2.79. The Labute approximate surface area is 179 Å². The number of hydrogen-bond donors (Lipinski definition) is 0. The van der Waals surface area contributed by atoms with Crippen molar-refractivity contribution in [3.63, 3.8) is 0 Å². The highest BCUT2D eigenvalue weighted by Crippen LogP contribution is 2.77. The lowest BCUT2D eigenvalue weighted by molar-refractivity contribution is -0.271. The molecule has 166 valence electrons. The fourth-order valence-corrected chi connectivity index (χ4v) is 9.96. The van der Waals surface area contributed by atoms with E-state index in [0.29, 0.717) is 12.0 Å². The highest BCUT2D eigenvalue weighted by molar-refractivity contribution is 5.78. The van der Waals surface area contributed by atoms with Crippen LogP contribution in [0.15, 0.2) is 0 Å². The van der Waals surface area contributed by atoms with Crippen molar-refractivity contribution in [3.05, 3.63) is 0 Å². The van der Waals surface area contributed by atoms with Crippen molar-refractivity contribution in [1.82, 2.24) is 4.90 Å². The molecule has 9 bridgehead atoms. The van der Waals surface area contributed by atoms with Gasteiger partial charge in [0.1, 0.15) is 17.6 Å². The van der Waals surface area contributed by atoms with E-state index in [-0.39, 0.29) is 52.7 Å². The van der Waals surface area contributed by atoms with Crippen molar-refractivity contribution < 1.29 is 23.8 Å². The van der Waals surface area contributed by atoms with Crippen molar-refractivity contribution >= 4 is 11.9 Å². The number of likely N-dealkylation sites (tertiary alicyclic amines) is 1. The summed E-state index contributed by atoms with van der Waals surface area (Å²) in [6.07, 6.45) is 5.83. The number of methoxy groups -OCH3 is 1. The van der Waals surface area contributed by atoms with Crippen LogP contribution in [-0.2, 0) is 23.8 Å². The molecule has 1 unspecified atom stereocenters. The van der Waals surface area contributed by atoms with Gasteiger partial charge in [0.2, 0.25) is 0 Å². The Bertz CT molecular complexity index is 800. The largest absolute Gasteiger partial charge is 0.462 e. The number of nitrogens with zero attached hydrogens (tertiary/aromatic N) is 1. The van der Waals surface area contributed by atoms with Gasteiger partial charge >= 0.3 is 11.9 Å². The third kappa shape index (κ3) is 2.00. The Morgan fingerprint density at radius 1 is 1.23 bits per heavy atom. The lowest BCUT2D eigenvalue weighted by Crippen LogP contribution is -2.76. The van der Waals surface area contributed by atoms with Gasteiger partial charge < -0.3 is 14.2 Å². The maximum atomic E-state index is 13.4. The van der Waals surface area contributed by atoms with E-state index in [1.807, 2.05) is 7.11 Å². The van der Waals surface area contributed by atoms with E-state index < -0.39 is 5.60 Å². The summed E-state index contributed by atoms with van der Waals surface area (Å²) in [4.78, 5) is 28.5. The van der Waals surface area contributed by atoms with Gasteiger partial charge in [-0.3, -0.25) is 14.5 Å². The zero-order valence-electron chi connectivity index (χ0n) is 18.7. The summed E-state index contributed by atoms with van der Waals surface area (Å²) < 4.78 is 18.5. The van der Waals surface area contributed by atoms with Gasteiger partial charge in [0.25, 0.3) is 0 Å². The van der Waals surface area contributed by atoms with E-state index in [9.17, 15) is 9.59 Å². The smallest absolute Gasteiger partial charge is 0.313 e. The van der Waals surface area contributed by atoms with Gasteiger partial charge in [0, 0.05) is 38.0 Å². The van der Waals surface area contributed by atoms with Crippen molar-refractivity contribution in [2.24, 2.45) is 34.5 Å². The molecule has 30 heavy (non-hydrogen) atoms. The van der Waals surface area contributed by atoms with Crippen molar-refractivity contribution in [1.29, 1.82) is 0 Å².